The molecule has 0 bridgehead atoms. The maximum atomic E-state index is 3.55. The summed E-state index contributed by atoms with van der Waals surface area (Å²) in [5.74, 6) is 0. The van der Waals surface area contributed by atoms with Crippen molar-refractivity contribution >= 4 is 15.9 Å². The van der Waals surface area contributed by atoms with E-state index in [1.807, 2.05) is 0 Å². The van der Waals surface area contributed by atoms with Crippen molar-refractivity contribution in [2.45, 2.75) is 58.7 Å². The molecule has 1 aromatic rings. The molecule has 1 unspecified atom stereocenters. The summed E-state index contributed by atoms with van der Waals surface area (Å²) in [4.78, 5) is 2.43. The van der Waals surface area contributed by atoms with E-state index in [1.165, 1.54) is 18.4 Å². The number of hydrogen-bond donors (Lipinski definition) is 1. The molecule has 1 rings (SSSR count). The van der Waals surface area contributed by atoms with Gasteiger partial charge in [-0.2, -0.15) is 0 Å². The number of hydrogen-bond acceptors (Lipinski definition) is 2. The summed E-state index contributed by atoms with van der Waals surface area (Å²) in [6.07, 6.45) is 2.46. The molecule has 114 valence electrons. The molecule has 0 spiro atoms. The van der Waals surface area contributed by atoms with Gasteiger partial charge in [-0.1, -0.05) is 28.1 Å². The van der Waals surface area contributed by atoms with Crippen molar-refractivity contribution in [2.75, 3.05) is 13.6 Å². The van der Waals surface area contributed by atoms with Crippen molar-refractivity contribution in [1.29, 1.82) is 0 Å². The van der Waals surface area contributed by atoms with E-state index in [0.29, 0.717) is 6.04 Å². The fourth-order valence-electron chi connectivity index (χ4n) is 2.11. The summed E-state index contributed by atoms with van der Waals surface area (Å²) >= 11 is 3.48. The number of benzene rings is 1. The van der Waals surface area contributed by atoms with Gasteiger partial charge in [-0.05, 0) is 71.8 Å². The zero-order valence-electron chi connectivity index (χ0n) is 13.5. The normalized spacial score (nSPS) is 13.8. The summed E-state index contributed by atoms with van der Waals surface area (Å²) in [5.41, 5.74) is 1.60. The van der Waals surface area contributed by atoms with Gasteiger partial charge in [0.2, 0.25) is 0 Å². The Labute approximate surface area is 133 Å². The molecule has 1 atom stereocenters. The lowest BCUT2D eigenvalue weighted by molar-refractivity contribution is 0.232. The smallest absolute Gasteiger partial charge is 0.0233 e. The molecule has 2 nitrogen and oxygen atoms in total. The molecule has 0 saturated heterocycles. The van der Waals surface area contributed by atoms with Crippen molar-refractivity contribution in [3.05, 3.63) is 34.3 Å². The van der Waals surface area contributed by atoms with Crippen LogP contribution in [0.3, 0.4) is 0 Å². The fourth-order valence-corrected chi connectivity index (χ4v) is 2.38. The fraction of sp³-hybridized carbons (Fsp3) is 0.647. The van der Waals surface area contributed by atoms with E-state index >= 15 is 0 Å². The van der Waals surface area contributed by atoms with Gasteiger partial charge in [-0.15, -0.1) is 0 Å². The Morgan fingerprint density at radius 3 is 2.35 bits per heavy atom. The van der Waals surface area contributed by atoms with Gasteiger partial charge in [0, 0.05) is 22.6 Å². The lowest BCUT2D eigenvalue weighted by atomic mass is 10.1. The van der Waals surface area contributed by atoms with Crippen LogP contribution in [0.1, 0.15) is 46.1 Å². The molecule has 20 heavy (non-hydrogen) atoms. The Hall–Kier alpha value is -0.380. The molecule has 3 heteroatoms. The van der Waals surface area contributed by atoms with Gasteiger partial charge in [-0.25, -0.2) is 0 Å². The summed E-state index contributed by atoms with van der Waals surface area (Å²) in [7, 11) is 2.21. The first-order valence-electron chi connectivity index (χ1n) is 7.47. The second-order valence-electron chi connectivity index (χ2n) is 6.71. The minimum Gasteiger partial charge on any atom is -0.312 e. The second-order valence-corrected chi connectivity index (χ2v) is 7.63. The molecule has 0 aliphatic carbocycles. The van der Waals surface area contributed by atoms with Crippen LogP contribution in [-0.4, -0.2) is 30.1 Å². The molecule has 0 aliphatic heterocycles. The monoisotopic (exact) mass is 340 g/mol. The quantitative estimate of drug-likeness (QED) is 0.738. The Bertz CT molecular complexity index is 381. The first-order valence-corrected chi connectivity index (χ1v) is 8.27. The Balaban J connectivity index is 2.28. The third-order valence-electron chi connectivity index (χ3n) is 3.55. The molecule has 0 saturated carbocycles. The Morgan fingerprint density at radius 1 is 1.20 bits per heavy atom. The highest BCUT2D eigenvalue weighted by molar-refractivity contribution is 9.10. The van der Waals surface area contributed by atoms with Crippen molar-refractivity contribution in [3.63, 3.8) is 0 Å². The third-order valence-corrected chi connectivity index (χ3v) is 4.08. The van der Waals surface area contributed by atoms with E-state index in [4.69, 9.17) is 0 Å². The molecular weight excluding hydrogens is 312 g/mol. The summed E-state index contributed by atoms with van der Waals surface area (Å²) in [6, 6.07) is 9.21. The van der Waals surface area contributed by atoms with Crippen LogP contribution in [0, 0.1) is 0 Å². The maximum absolute atomic E-state index is 3.55. The first-order chi connectivity index (χ1) is 9.28. The van der Waals surface area contributed by atoms with Crippen LogP contribution in [0.25, 0.3) is 0 Å². The number of nitrogens with one attached hydrogen (secondary N) is 1. The van der Waals surface area contributed by atoms with E-state index in [2.05, 4.69) is 85.2 Å². The van der Waals surface area contributed by atoms with E-state index in [0.717, 1.165) is 17.6 Å². The van der Waals surface area contributed by atoms with Gasteiger partial charge in [0.05, 0.1) is 0 Å². The minimum atomic E-state index is 0.229. The molecular formula is C17H29BrN2. The van der Waals surface area contributed by atoms with E-state index in [9.17, 15) is 0 Å². The molecule has 0 heterocycles. The Morgan fingerprint density at radius 2 is 1.80 bits per heavy atom. The van der Waals surface area contributed by atoms with Crippen LogP contribution in [0.5, 0.6) is 0 Å². The summed E-state index contributed by atoms with van der Waals surface area (Å²) in [6.45, 7) is 11.1. The summed E-state index contributed by atoms with van der Waals surface area (Å²) in [5, 5.41) is 3.55. The third kappa shape index (κ3) is 7.41. The van der Waals surface area contributed by atoms with Crippen LogP contribution in [0.4, 0.5) is 0 Å². The number of rotatable bonds is 7. The van der Waals surface area contributed by atoms with Crippen LogP contribution in [-0.2, 0) is 6.54 Å². The number of halogens is 1. The first kappa shape index (κ1) is 17.7. The molecule has 0 radical (unpaired) electrons. The van der Waals surface area contributed by atoms with E-state index in [1.54, 1.807) is 0 Å². The maximum Gasteiger partial charge on any atom is 0.0233 e. The average Bonchev–Trinajstić information content (AvgIpc) is 2.36. The SMILES string of the molecule is CC(CCCNC(C)(C)C)N(C)Cc1ccc(Br)cc1. The molecule has 0 amide bonds. The van der Waals surface area contributed by atoms with Gasteiger partial charge in [-0.3, -0.25) is 4.90 Å². The van der Waals surface area contributed by atoms with Crippen molar-refractivity contribution in [1.82, 2.24) is 10.2 Å². The zero-order chi connectivity index (χ0) is 15.2. The lowest BCUT2D eigenvalue weighted by Gasteiger charge is -2.26. The van der Waals surface area contributed by atoms with E-state index in [-0.39, 0.29) is 5.54 Å². The van der Waals surface area contributed by atoms with Gasteiger partial charge < -0.3 is 5.32 Å². The van der Waals surface area contributed by atoms with Crippen LogP contribution in [0.2, 0.25) is 0 Å². The number of nitrogens with zero attached hydrogens (tertiary/aromatic N) is 1. The molecule has 1 aromatic carbocycles. The predicted octanol–water partition coefficient (Wildman–Crippen LogP) is 4.44. The second kappa shape index (κ2) is 8.16. The predicted molar refractivity (Wildman–Crippen MR) is 92.1 cm³/mol. The summed E-state index contributed by atoms with van der Waals surface area (Å²) < 4.78 is 1.14. The van der Waals surface area contributed by atoms with Crippen LogP contribution < -0.4 is 5.32 Å². The Kier molecular flexibility index (Phi) is 7.21. The lowest BCUT2D eigenvalue weighted by Crippen LogP contribution is -2.37. The highest BCUT2D eigenvalue weighted by atomic mass is 79.9. The van der Waals surface area contributed by atoms with Crippen molar-refractivity contribution in [2.24, 2.45) is 0 Å². The zero-order valence-corrected chi connectivity index (χ0v) is 15.1. The van der Waals surface area contributed by atoms with Crippen LogP contribution >= 0.6 is 15.9 Å². The van der Waals surface area contributed by atoms with Crippen molar-refractivity contribution < 1.29 is 0 Å². The molecule has 1 N–H and O–H groups in total. The largest absolute Gasteiger partial charge is 0.312 e. The van der Waals surface area contributed by atoms with Gasteiger partial charge >= 0.3 is 0 Å². The highest BCUT2D eigenvalue weighted by Gasteiger charge is 2.11. The molecule has 0 fully saturated rings. The van der Waals surface area contributed by atoms with Gasteiger partial charge in [0.25, 0.3) is 0 Å². The van der Waals surface area contributed by atoms with Gasteiger partial charge in [0.15, 0.2) is 0 Å². The minimum absolute atomic E-state index is 0.229. The molecule has 0 aromatic heterocycles. The van der Waals surface area contributed by atoms with Gasteiger partial charge in [0.1, 0.15) is 0 Å². The average molecular weight is 341 g/mol. The standard InChI is InChI=1S/C17H29BrN2/c1-14(7-6-12-19-17(2,3)4)20(5)13-15-8-10-16(18)11-9-15/h8-11,14,19H,6-7,12-13H2,1-5H3. The highest BCUT2D eigenvalue weighted by Crippen LogP contribution is 2.14. The molecule has 0 aliphatic rings. The topological polar surface area (TPSA) is 15.3 Å². The van der Waals surface area contributed by atoms with E-state index < -0.39 is 0 Å². The van der Waals surface area contributed by atoms with Crippen LogP contribution in [0.15, 0.2) is 28.7 Å². The van der Waals surface area contributed by atoms with Crippen molar-refractivity contribution in [3.8, 4) is 0 Å².